The summed E-state index contributed by atoms with van der Waals surface area (Å²) in [6, 6.07) is 11.1. The van der Waals surface area contributed by atoms with Crippen LogP contribution in [0.3, 0.4) is 0 Å². The van der Waals surface area contributed by atoms with Gasteiger partial charge in [0.15, 0.2) is 0 Å². The van der Waals surface area contributed by atoms with Gasteiger partial charge in [0, 0.05) is 23.4 Å². The molecule has 2 fully saturated rings. The summed E-state index contributed by atoms with van der Waals surface area (Å²) in [5.74, 6) is -2.25. The molecular formula is C23H22N4O5S. The highest BCUT2D eigenvalue weighted by Gasteiger charge is 2.70. The third kappa shape index (κ3) is 2.87. The van der Waals surface area contributed by atoms with Crippen molar-refractivity contribution in [2.75, 3.05) is 22.2 Å². The van der Waals surface area contributed by atoms with Crippen molar-refractivity contribution < 1.29 is 19.3 Å². The summed E-state index contributed by atoms with van der Waals surface area (Å²) in [7, 11) is 0. The Labute approximate surface area is 194 Å². The van der Waals surface area contributed by atoms with Crippen LogP contribution in [-0.4, -0.2) is 40.7 Å². The van der Waals surface area contributed by atoms with Gasteiger partial charge in [-0.15, -0.1) is 0 Å². The molecule has 0 aromatic heterocycles. The number of para-hydroxylation sites is 1. The van der Waals surface area contributed by atoms with Gasteiger partial charge < -0.3 is 5.32 Å². The van der Waals surface area contributed by atoms with Crippen molar-refractivity contribution in [3.05, 3.63) is 63.7 Å². The Morgan fingerprint density at radius 1 is 1.12 bits per heavy atom. The molecule has 0 radical (unpaired) electrons. The fraction of sp³-hybridized carbons (Fsp3) is 0.348. The summed E-state index contributed by atoms with van der Waals surface area (Å²) >= 11 is 1.62. The number of amides is 3. The third-order valence-corrected chi connectivity index (χ3v) is 7.61. The smallest absolute Gasteiger partial charge is 0.274 e. The molecule has 1 spiro atoms. The molecule has 3 heterocycles. The van der Waals surface area contributed by atoms with Gasteiger partial charge in [0.2, 0.25) is 17.7 Å². The maximum absolute atomic E-state index is 13.9. The Morgan fingerprint density at radius 3 is 2.61 bits per heavy atom. The first kappa shape index (κ1) is 21.6. The summed E-state index contributed by atoms with van der Waals surface area (Å²) in [5.41, 5.74) is 0.170. The molecule has 2 aromatic carbocycles. The number of nitro benzene ring substituents is 1. The topological polar surface area (TPSA) is 122 Å². The number of fused-ring (bicyclic) bond motifs is 4. The number of nitrogens with one attached hydrogen (secondary N) is 2. The van der Waals surface area contributed by atoms with Crippen LogP contribution >= 0.6 is 11.8 Å². The number of imide groups is 1. The molecule has 3 amide bonds. The molecule has 3 aliphatic rings. The van der Waals surface area contributed by atoms with Crippen LogP contribution in [0.15, 0.2) is 42.5 Å². The number of nitrogens with zero attached hydrogens (tertiary/aromatic N) is 2. The SMILES string of the molecule is CSCC[C@@H]1N[C@]2(C(=O)Nc3ccccc32)[C@@H]2C(=O)N(c3cccc([N+](=O)[O-])c3C)C(=O)[C@@H]12. The van der Waals surface area contributed by atoms with Gasteiger partial charge in [0.1, 0.15) is 5.54 Å². The highest BCUT2D eigenvalue weighted by Crippen LogP contribution is 2.54. The molecule has 2 N–H and O–H groups in total. The molecule has 0 bridgehead atoms. The minimum Gasteiger partial charge on any atom is -0.324 e. The van der Waals surface area contributed by atoms with E-state index in [0.29, 0.717) is 17.7 Å². The number of carbonyl (C=O) groups excluding carboxylic acids is 3. The lowest BCUT2D eigenvalue weighted by atomic mass is 9.76. The number of anilines is 2. The maximum atomic E-state index is 13.9. The molecule has 4 atom stereocenters. The lowest BCUT2D eigenvalue weighted by Crippen LogP contribution is -2.53. The van der Waals surface area contributed by atoms with E-state index in [2.05, 4.69) is 10.6 Å². The highest BCUT2D eigenvalue weighted by atomic mass is 32.2. The van der Waals surface area contributed by atoms with Crippen molar-refractivity contribution >= 4 is 46.5 Å². The van der Waals surface area contributed by atoms with Gasteiger partial charge in [-0.1, -0.05) is 24.3 Å². The Hall–Kier alpha value is -3.24. The standard InChI is InChI=1S/C23H22N4O5S/c1-12-16(8-5-9-17(12)27(31)32)26-20(28)18-15(10-11-33-2)25-23(19(18)21(26)29)13-6-3-4-7-14(13)24-22(23)30/h3-9,15,18-19,25H,10-11H2,1-2H3,(H,24,30)/t15-,18-,19-,23-/m0/s1. The number of carbonyl (C=O) groups is 3. The Balaban J connectivity index is 1.66. The fourth-order valence-electron chi connectivity index (χ4n) is 5.54. The minimum atomic E-state index is -1.36. The first-order chi connectivity index (χ1) is 15.8. The molecule has 2 saturated heterocycles. The summed E-state index contributed by atoms with van der Waals surface area (Å²) in [6.45, 7) is 1.53. The van der Waals surface area contributed by atoms with E-state index >= 15 is 0 Å². The Bertz CT molecular complexity index is 1220. The van der Waals surface area contributed by atoms with Crippen LogP contribution in [0, 0.1) is 28.9 Å². The van der Waals surface area contributed by atoms with Crippen molar-refractivity contribution in [2.24, 2.45) is 11.8 Å². The Kier molecular flexibility index (Phi) is 5.02. The normalized spacial score (nSPS) is 27.8. The van der Waals surface area contributed by atoms with Crippen LogP contribution in [0.1, 0.15) is 17.5 Å². The molecule has 170 valence electrons. The van der Waals surface area contributed by atoms with Crippen LogP contribution in [0.4, 0.5) is 17.1 Å². The average Bonchev–Trinajstić information content (AvgIpc) is 3.37. The average molecular weight is 467 g/mol. The fourth-order valence-corrected chi connectivity index (χ4v) is 6.03. The molecule has 10 heteroatoms. The van der Waals surface area contributed by atoms with Crippen LogP contribution in [0.25, 0.3) is 0 Å². The first-order valence-corrected chi connectivity index (χ1v) is 12.0. The largest absolute Gasteiger partial charge is 0.324 e. The molecule has 0 saturated carbocycles. The second-order valence-corrected chi connectivity index (χ2v) is 9.52. The van der Waals surface area contributed by atoms with Crippen LogP contribution in [0.2, 0.25) is 0 Å². The van der Waals surface area contributed by atoms with Gasteiger partial charge >= 0.3 is 0 Å². The predicted octanol–water partition coefficient (Wildman–Crippen LogP) is 2.58. The Morgan fingerprint density at radius 2 is 1.88 bits per heavy atom. The zero-order valence-corrected chi connectivity index (χ0v) is 18.8. The lowest BCUT2D eigenvalue weighted by Gasteiger charge is -2.29. The monoisotopic (exact) mass is 466 g/mol. The highest BCUT2D eigenvalue weighted by molar-refractivity contribution is 7.98. The second kappa shape index (κ2) is 7.67. The van der Waals surface area contributed by atoms with Gasteiger partial charge in [-0.2, -0.15) is 11.8 Å². The number of hydrogen-bond donors (Lipinski definition) is 2. The van der Waals surface area contributed by atoms with Gasteiger partial charge in [0.25, 0.3) is 5.69 Å². The minimum absolute atomic E-state index is 0.166. The van der Waals surface area contributed by atoms with Gasteiger partial charge in [0.05, 0.1) is 28.0 Å². The number of rotatable bonds is 5. The summed E-state index contributed by atoms with van der Waals surface area (Å²) in [4.78, 5) is 52.9. The molecule has 9 nitrogen and oxygen atoms in total. The summed E-state index contributed by atoms with van der Waals surface area (Å²) in [6.07, 6.45) is 2.56. The summed E-state index contributed by atoms with van der Waals surface area (Å²) < 4.78 is 0. The van der Waals surface area contributed by atoms with Crippen molar-refractivity contribution in [1.82, 2.24) is 5.32 Å². The number of hydrogen-bond acceptors (Lipinski definition) is 7. The zero-order valence-electron chi connectivity index (χ0n) is 18.0. The maximum Gasteiger partial charge on any atom is 0.274 e. The number of benzene rings is 2. The molecule has 0 unspecified atom stereocenters. The molecular weight excluding hydrogens is 444 g/mol. The molecule has 2 aromatic rings. The van der Waals surface area contributed by atoms with Crippen molar-refractivity contribution in [2.45, 2.75) is 24.9 Å². The third-order valence-electron chi connectivity index (χ3n) is 6.97. The first-order valence-electron chi connectivity index (χ1n) is 10.6. The predicted molar refractivity (Wildman–Crippen MR) is 124 cm³/mol. The van der Waals surface area contributed by atoms with E-state index in [-0.39, 0.29) is 28.9 Å². The van der Waals surface area contributed by atoms with E-state index in [1.165, 1.54) is 19.1 Å². The van der Waals surface area contributed by atoms with E-state index < -0.39 is 34.1 Å². The summed E-state index contributed by atoms with van der Waals surface area (Å²) in [5, 5.41) is 17.7. The van der Waals surface area contributed by atoms with E-state index in [4.69, 9.17) is 0 Å². The quantitative estimate of drug-likeness (QED) is 0.395. The van der Waals surface area contributed by atoms with Crippen molar-refractivity contribution in [1.29, 1.82) is 0 Å². The van der Waals surface area contributed by atoms with Crippen molar-refractivity contribution in [3.8, 4) is 0 Å². The zero-order chi connectivity index (χ0) is 23.5. The van der Waals surface area contributed by atoms with Crippen LogP contribution in [0.5, 0.6) is 0 Å². The number of thioether (sulfide) groups is 1. The van der Waals surface area contributed by atoms with E-state index in [9.17, 15) is 24.5 Å². The van der Waals surface area contributed by atoms with Gasteiger partial charge in [-0.25, -0.2) is 4.90 Å². The van der Waals surface area contributed by atoms with Crippen molar-refractivity contribution in [3.63, 3.8) is 0 Å². The molecule has 5 rings (SSSR count). The van der Waals surface area contributed by atoms with Gasteiger partial charge in [-0.05, 0) is 37.5 Å². The van der Waals surface area contributed by atoms with E-state index in [0.717, 1.165) is 10.7 Å². The van der Waals surface area contributed by atoms with Gasteiger partial charge in [-0.3, -0.25) is 29.8 Å². The van der Waals surface area contributed by atoms with E-state index in [1.807, 2.05) is 6.26 Å². The number of nitro groups is 1. The van der Waals surface area contributed by atoms with Crippen LogP contribution < -0.4 is 15.5 Å². The lowest BCUT2D eigenvalue weighted by molar-refractivity contribution is -0.385. The molecule has 33 heavy (non-hydrogen) atoms. The van der Waals surface area contributed by atoms with E-state index in [1.54, 1.807) is 42.1 Å². The van der Waals surface area contributed by atoms with Crippen LogP contribution in [-0.2, 0) is 19.9 Å². The second-order valence-electron chi connectivity index (χ2n) is 8.53. The molecule has 0 aliphatic carbocycles. The molecule has 3 aliphatic heterocycles.